The number of fused-ring (bicyclic) bond motifs is 1. The maximum atomic E-state index is 12.7. The van der Waals surface area contributed by atoms with E-state index >= 15 is 0 Å². The Morgan fingerprint density at radius 3 is 2.67 bits per heavy atom. The van der Waals surface area contributed by atoms with Crippen LogP contribution in [-0.4, -0.2) is 33.2 Å². The molecule has 0 aliphatic rings. The predicted octanol–water partition coefficient (Wildman–Crippen LogP) is 1.86. The predicted molar refractivity (Wildman–Crippen MR) is 94.2 cm³/mol. The summed E-state index contributed by atoms with van der Waals surface area (Å²) in [6.07, 6.45) is 2.38. The molecule has 2 rings (SSSR count). The second-order valence-corrected chi connectivity index (χ2v) is 6.13. The number of nitrogens with zero attached hydrogens (tertiary/aromatic N) is 2. The number of nitrogens with one attached hydrogen (secondary N) is 1. The number of hydrogen-bond donors (Lipinski definition) is 2. The summed E-state index contributed by atoms with van der Waals surface area (Å²) in [5.74, 6) is -0.332. The lowest BCUT2D eigenvalue weighted by molar-refractivity contribution is 0.0890. The summed E-state index contributed by atoms with van der Waals surface area (Å²) in [4.78, 5) is 29.7. The number of aromatic nitrogens is 2. The number of pyridine rings is 2. The van der Waals surface area contributed by atoms with Gasteiger partial charge in [-0.2, -0.15) is 0 Å². The van der Waals surface area contributed by atoms with E-state index in [4.69, 9.17) is 0 Å². The molecule has 2 N–H and O–H groups in total. The van der Waals surface area contributed by atoms with Crippen LogP contribution in [0.5, 0.6) is 0 Å². The monoisotopic (exact) mass is 331 g/mol. The van der Waals surface area contributed by atoms with Gasteiger partial charge >= 0.3 is 0 Å². The lowest BCUT2D eigenvalue weighted by Crippen LogP contribution is -2.43. The third-order valence-electron chi connectivity index (χ3n) is 4.49. The quantitative estimate of drug-likeness (QED) is 0.846. The van der Waals surface area contributed by atoms with Crippen molar-refractivity contribution >= 4 is 16.9 Å². The molecule has 24 heavy (non-hydrogen) atoms. The summed E-state index contributed by atoms with van der Waals surface area (Å²) in [6.45, 7) is 8.19. The second kappa shape index (κ2) is 7.57. The van der Waals surface area contributed by atoms with Gasteiger partial charge in [-0.3, -0.25) is 9.59 Å². The van der Waals surface area contributed by atoms with Crippen molar-refractivity contribution in [2.24, 2.45) is 5.92 Å². The zero-order valence-corrected chi connectivity index (χ0v) is 14.7. The Balaban J connectivity index is 2.49. The molecule has 6 nitrogen and oxygen atoms in total. The third-order valence-corrected chi connectivity index (χ3v) is 4.49. The van der Waals surface area contributed by atoms with Gasteiger partial charge in [0.25, 0.3) is 5.91 Å². The number of aryl methyl sites for hydroxylation is 2. The van der Waals surface area contributed by atoms with Gasteiger partial charge in [0, 0.05) is 18.4 Å². The van der Waals surface area contributed by atoms with E-state index in [0.717, 1.165) is 12.1 Å². The summed E-state index contributed by atoms with van der Waals surface area (Å²) >= 11 is 0. The molecular formula is C18H25N3O3. The van der Waals surface area contributed by atoms with Gasteiger partial charge < -0.3 is 15.0 Å². The molecule has 0 spiro atoms. The van der Waals surface area contributed by atoms with Crippen LogP contribution in [0, 0.1) is 12.8 Å². The van der Waals surface area contributed by atoms with Gasteiger partial charge in [0.05, 0.1) is 18.0 Å². The number of amides is 1. The molecule has 0 aliphatic carbocycles. The summed E-state index contributed by atoms with van der Waals surface area (Å²) < 4.78 is 1.80. The number of carbonyl (C=O) groups is 1. The molecule has 0 aromatic carbocycles. The zero-order valence-electron chi connectivity index (χ0n) is 14.7. The average Bonchev–Trinajstić information content (AvgIpc) is 2.59. The fraction of sp³-hybridized carbons (Fsp3) is 0.500. The van der Waals surface area contributed by atoms with E-state index in [9.17, 15) is 14.7 Å². The Morgan fingerprint density at radius 2 is 2.08 bits per heavy atom. The standard InChI is InChI=1S/C18H25N3O3/c1-5-11(3)15(10-22)20-18(24)14-9-21(6-2)17-13(16(14)23)8-7-12(4)19-17/h7-9,11,15,22H,5-6,10H2,1-4H3,(H,20,24)/t11-,15-/m0/s1. The first-order valence-electron chi connectivity index (χ1n) is 8.35. The highest BCUT2D eigenvalue weighted by Crippen LogP contribution is 2.12. The van der Waals surface area contributed by atoms with E-state index in [1.54, 1.807) is 22.9 Å². The van der Waals surface area contributed by atoms with Gasteiger partial charge in [-0.05, 0) is 31.9 Å². The van der Waals surface area contributed by atoms with Crippen molar-refractivity contribution in [2.45, 2.75) is 46.7 Å². The molecule has 0 unspecified atom stereocenters. The van der Waals surface area contributed by atoms with Gasteiger partial charge in [-0.1, -0.05) is 20.3 Å². The van der Waals surface area contributed by atoms with Gasteiger partial charge in [0.15, 0.2) is 0 Å². The highest BCUT2D eigenvalue weighted by molar-refractivity contribution is 5.97. The Morgan fingerprint density at radius 1 is 1.38 bits per heavy atom. The van der Waals surface area contributed by atoms with Crippen LogP contribution in [0.1, 0.15) is 43.2 Å². The van der Waals surface area contributed by atoms with Crippen LogP contribution in [0.25, 0.3) is 11.0 Å². The lowest BCUT2D eigenvalue weighted by Gasteiger charge is -2.22. The van der Waals surface area contributed by atoms with E-state index in [1.807, 2.05) is 27.7 Å². The molecule has 2 aromatic rings. The van der Waals surface area contributed by atoms with Gasteiger partial charge in [-0.25, -0.2) is 4.98 Å². The maximum Gasteiger partial charge on any atom is 0.257 e. The summed E-state index contributed by atoms with van der Waals surface area (Å²) in [5.41, 5.74) is 1.15. The van der Waals surface area contributed by atoms with Crippen LogP contribution in [0.3, 0.4) is 0 Å². The van der Waals surface area contributed by atoms with Crippen molar-refractivity contribution in [3.05, 3.63) is 39.8 Å². The van der Waals surface area contributed by atoms with Crippen molar-refractivity contribution in [2.75, 3.05) is 6.61 Å². The second-order valence-electron chi connectivity index (χ2n) is 6.13. The van der Waals surface area contributed by atoms with E-state index in [1.165, 1.54) is 0 Å². The molecule has 0 saturated carbocycles. The van der Waals surface area contributed by atoms with Crippen LogP contribution in [0.15, 0.2) is 23.1 Å². The molecule has 1 amide bonds. The first-order chi connectivity index (χ1) is 11.4. The Labute approximate surface area is 141 Å². The molecule has 2 atom stereocenters. The van der Waals surface area contributed by atoms with Crippen LogP contribution >= 0.6 is 0 Å². The number of rotatable bonds is 6. The zero-order chi connectivity index (χ0) is 17.9. The molecule has 0 fully saturated rings. The molecular weight excluding hydrogens is 306 g/mol. The molecule has 0 bridgehead atoms. The first kappa shape index (κ1) is 18.1. The SMILES string of the molecule is CC[C@H](C)[C@H](CO)NC(=O)c1cn(CC)c2nc(C)ccc2c1=O. The highest BCUT2D eigenvalue weighted by Gasteiger charge is 2.21. The molecule has 2 heterocycles. The fourth-order valence-electron chi connectivity index (χ4n) is 2.66. The van der Waals surface area contributed by atoms with Crippen molar-refractivity contribution in [3.63, 3.8) is 0 Å². The lowest BCUT2D eigenvalue weighted by atomic mass is 9.99. The number of aliphatic hydroxyl groups is 1. The Kier molecular flexibility index (Phi) is 5.72. The van der Waals surface area contributed by atoms with Crippen molar-refractivity contribution in [1.29, 1.82) is 0 Å². The summed E-state index contributed by atoms with van der Waals surface area (Å²) in [6, 6.07) is 3.10. The normalized spacial score (nSPS) is 13.7. The number of hydrogen-bond acceptors (Lipinski definition) is 4. The van der Waals surface area contributed by atoms with Crippen LogP contribution in [0.4, 0.5) is 0 Å². The minimum atomic E-state index is -0.455. The van der Waals surface area contributed by atoms with Crippen molar-refractivity contribution < 1.29 is 9.90 Å². The molecule has 0 saturated heterocycles. The van der Waals surface area contributed by atoms with E-state index in [-0.39, 0.29) is 29.6 Å². The van der Waals surface area contributed by atoms with Gasteiger partial charge in [-0.15, -0.1) is 0 Å². The van der Waals surface area contributed by atoms with E-state index in [0.29, 0.717) is 17.6 Å². The highest BCUT2D eigenvalue weighted by atomic mass is 16.3. The summed E-state index contributed by atoms with van der Waals surface area (Å²) in [5, 5.41) is 12.7. The largest absolute Gasteiger partial charge is 0.394 e. The van der Waals surface area contributed by atoms with Crippen molar-refractivity contribution in [1.82, 2.24) is 14.9 Å². The van der Waals surface area contributed by atoms with Crippen LogP contribution < -0.4 is 10.7 Å². The third kappa shape index (κ3) is 3.48. The smallest absolute Gasteiger partial charge is 0.257 e. The minimum absolute atomic E-state index is 0.0803. The molecule has 130 valence electrons. The minimum Gasteiger partial charge on any atom is -0.394 e. The Bertz CT molecular complexity index is 798. The van der Waals surface area contributed by atoms with Crippen LogP contribution in [-0.2, 0) is 6.54 Å². The molecule has 0 aliphatic heterocycles. The maximum absolute atomic E-state index is 12.7. The summed E-state index contributed by atoms with van der Waals surface area (Å²) in [7, 11) is 0. The van der Waals surface area contributed by atoms with Gasteiger partial charge in [0.2, 0.25) is 5.43 Å². The topological polar surface area (TPSA) is 84.2 Å². The van der Waals surface area contributed by atoms with E-state index < -0.39 is 5.91 Å². The van der Waals surface area contributed by atoms with Crippen LogP contribution in [0.2, 0.25) is 0 Å². The number of carbonyl (C=O) groups excluding carboxylic acids is 1. The van der Waals surface area contributed by atoms with Gasteiger partial charge in [0.1, 0.15) is 11.2 Å². The molecule has 6 heteroatoms. The fourth-order valence-corrected chi connectivity index (χ4v) is 2.66. The first-order valence-corrected chi connectivity index (χ1v) is 8.35. The molecule has 2 aromatic heterocycles. The van der Waals surface area contributed by atoms with Crippen molar-refractivity contribution in [3.8, 4) is 0 Å². The average molecular weight is 331 g/mol. The molecule has 0 radical (unpaired) electrons. The van der Waals surface area contributed by atoms with E-state index in [2.05, 4.69) is 10.3 Å². The number of aliphatic hydroxyl groups excluding tert-OH is 1. The Hall–Kier alpha value is -2.21.